The van der Waals surface area contributed by atoms with Gasteiger partial charge in [0.1, 0.15) is 11.5 Å². The number of para-hydroxylation sites is 2. The number of Topliss-reactive ketones (excluding diaryl/α,β-unsaturated/α-hetero) is 1. The summed E-state index contributed by atoms with van der Waals surface area (Å²) < 4.78 is 16.7. The summed E-state index contributed by atoms with van der Waals surface area (Å²) in [7, 11) is 0. The maximum absolute atomic E-state index is 13.9. The normalized spacial score (nSPS) is 11.8. The van der Waals surface area contributed by atoms with Gasteiger partial charge in [0.15, 0.2) is 17.6 Å². The lowest BCUT2D eigenvalue weighted by Gasteiger charge is -2.20. The molecule has 0 unspecified atom stereocenters. The van der Waals surface area contributed by atoms with Crippen molar-refractivity contribution < 1.29 is 18.8 Å². The first-order valence-corrected chi connectivity index (χ1v) is 12.6. The van der Waals surface area contributed by atoms with Crippen LogP contribution in [0.3, 0.4) is 0 Å². The van der Waals surface area contributed by atoms with E-state index in [2.05, 4.69) is 41.4 Å². The van der Waals surface area contributed by atoms with Crippen molar-refractivity contribution >= 4 is 27.6 Å². The Labute approximate surface area is 208 Å². The van der Waals surface area contributed by atoms with Crippen LogP contribution in [-0.4, -0.2) is 22.6 Å². The summed E-state index contributed by atoms with van der Waals surface area (Å²) in [6, 6.07) is 18.1. The molecule has 1 aromatic heterocycles. The molecule has 0 saturated heterocycles. The molecule has 0 aliphatic heterocycles. The smallest absolute Gasteiger partial charge is 0.245 e. The number of hydrogen-bond donors (Lipinski definition) is 0. The highest BCUT2D eigenvalue weighted by Gasteiger charge is 2.24. The van der Waals surface area contributed by atoms with E-state index in [9.17, 15) is 4.79 Å². The topological polar surface area (TPSA) is 44.3 Å². The van der Waals surface area contributed by atoms with E-state index in [0.29, 0.717) is 23.0 Å². The van der Waals surface area contributed by atoms with Crippen molar-refractivity contribution in [1.29, 1.82) is 0 Å². The molecule has 0 aliphatic carbocycles. The summed E-state index contributed by atoms with van der Waals surface area (Å²) in [6.07, 6.45) is 3.08. The Balaban J connectivity index is 1.79. The number of aryl methyl sites for hydroxylation is 1. The number of aromatic nitrogens is 2. The highest BCUT2D eigenvalue weighted by Crippen LogP contribution is 2.38. The van der Waals surface area contributed by atoms with Crippen LogP contribution in [0.5, 0.6) is 11.5 Å². The molecule has 0 fully saturated rings. The lowest BCUT2D eigenvalue weighted by Crippen LogP contribution is -2.37. The number of carbonyl (C=O) groups excluding carboxylic acids is 1. The number of benzene rings is 3. The molecule has 0 radical (unpaired) electrons. The van der Waals surface area contributed by atoms with Crippen molar-refractivity contribution in [1.82, 2.24) is 4.57 Å². The van der Waals surface area contributed by atoms with Gasteiger partial charge in [-0.1, -0.05) is 50.2 Å². The average molecular weight is 474 g/mol. The lowest BCUT2D eigenvalue weighted by atomic mass is 10.0. The van der Waals surface area contributed by atoms with Crippen molar-refractivity contribution in [3.05, 3.63) is 66.5 Å². The third-order valence-electron chi connectivity index (χ3n) is 6.01. The van der Waals surface area contributed by atoms with Crippen molar-refractivity contribution in [2.45, 2.75) is 73.3 Å². The Morgan fingerprint density at radius 1 is 0.886 bits per heavy atom. The maximum Gasteiger partial charge on any atom is 0.245 e. The Hall–Kier alpha value is -3.34. The van der Waals surface area contributed by atoms with Gasteiger partial charge in [0, 0.05) is 10.8 Å². The number of carbonyl (C=O) groups is 1. The molecule has 5 heteroatoms. The molecule has 0 N–H and O–H groups in total. The molecule has 0 spiro atoms. The summed E-state index contributed by atoms with van der Waals surface area (Å²) in [5, 5.41) is 1.85. The summed E-state index contributed by atoms with van der Waals surface area (Å²) in [6.45, 7) is 13.6. The number of ketones is 1. The fraction of sp³-hybridized carbons (Fsp3) is 0.400. The van der Waals surface area contributed by atoms with Crippen LogP contribution in [0.2, 0.25) is 0 Å². The molecular weight excluding hydrogens is 436 g/mol. The number of fused-ring (bicyclic) bond motifs is 2. The second-order valence-electron chi connectivity index (χ2n) is 10.2. The second-order valence-corrected chi connectivity index (χ2v) is 10.2. The van der Waals surface area contributed by atoms with Crippen molar-refractivity contribution in [2.24, 2.45) is 5.92 Å². The largest absolute Gasteiger partial charge is 0.490 e. The van der Waals surface area contributed by atoms with E-state index in [4.69, 9.17) is 9.47 Å². The second kappa shape index (κ2) is 10.5. The minimum absolute atomic E-state index is 0.00299. The van der Waals surface area contributed by atoms with Gasteiger partial charge in [-0.15, -0.1) is 0 Å². The molecule has 0 saturated carbocycles. The molecule has 0 atom stereocenters. The number of rotatable bonds is 10. The molecule has 4 rings (SSSR count). The third kappa shape index (κ3) is 5.50. The van der Waals surface area contributed by atoms with E-state index in [1.807, 2.05) is 70.2 Å². The molecule has 0 aliphatic rings. The van der Waals surface area contributed by atoms with Gasteiger partial charge in [-0.05, 0) is 58.2 Å². The predicted octanol–water partition coefficient (Wildman–Crippen LogP) is 6.59. The monoisotopic (exact) mass is 473 g/mol. The Morgan fingerprint density at radius 3 is 2.23 bits per heavy atom. The van der Waals surface area contributed by atoms with E-state index < -0.39 is 0 Å². The zero-order chi connectivity index (χ0) is 25.1. The molecule has 184 valence electrons. The van der Waals surface area contributed by atoms with Crippen LogP contribution in [-0.2, 0) is 13.1 Å². The minimum Gasteiger partial charge on any atom is -0.490 e. The maximum atomic E-state index is 13.9. The molecule has 0 bridgehead atoms. The summed E-state index contributed by atoms with van der Waals surface area (Å²) in [4.78, 5) is 13.9. The van der Waals surface area contributed by atoms with Gasteiger partial charge in [0.05, 0.1) is 24.3 Å². The van der Waals surface area contributed by atoms with Crippen LogP contribution in [0.25, 0.3) is 21.8 Å². The Bertz CT molecular complexity index is 1330. The number of imidazole rings is 1. The Kier molecular flexibility index (Phi) is 7.44. The number of hydrogen-bond acceptors (Lipinski definition) is 3. The number of nitrogens with zero attached hydrogens (tertiary/aromatic N) is 2. The third-order valence-corrected chi connectivity index (χ3v) is 6.01. The van der Waals surface area contributed by atoms with Crippen molar-refractivity contribution in [3.8, 4) is 11.5 Å². The van der Waals surface area contributed by atoms with E-state index in [1.165, 1.54) is 0 Å². The van der Waals surface area contributed by atoms with Crippen LogP contribution in [0, 0.1) is 5.92 Å². The molecule has 3 aromatic carbocycles. The van der Waals surface area contributed by atoms with E-state index in [1.54, 1.807) is 0 Å². The van der Waals surface area contributed by atoms with Gasteiger partial charge in [0.25, 0.3) is 0 Å². The van der Waals surface area contributed by atoms with Crippen molar-refractivity contribution in [3.63, 3.8) is 0 Å². The van der Waals surface area contributed by atoms with Gasteiger partial charge in [-0.3, -0.25) is 4.79 Å². The van der Waals surface area contributed by atoms with E-state index in [0.717, 1.165) is 34.8 Å². The molecular formula is C30H37N2O3+. The zero-order valence-electron chi connectivity index (χ0n) is 21.7. The summed E-state index contributed by atoms with van der Waals surface area (Å²) in [5.74, 6) is 1.94. The first kappa shape index (κ1) is 24.8. The fourth-order valence-electron chi connectivity index (χ4n) is 4.42. The molecule has 4 aromatic rings. The predicted molar refractivity (Wildman–Crippen MR) is 141 cm³/mol. The van der Waals surface area contributed by atoms with Crippen LogP contribution >= 0.6 is 0 Å². The first-order valence-electron chi connectivity index (χ1n) is 12.6. The van der Waals surface area contributed by atoms with Gasteiger partial charge < -0.3 is 9.47 Å². The molecule has 0 amide bonds. The van der Waals surface area contributed by atoms with Gasteiger partial charge >= 0.3 is 0 Å². The SMILES string of the molecule is CC(C)CCn1c[n+](CC(=O)c2cc(OC(C)C)c3ccccc3c2OC(C)C)c2ccccc21. The zero-order valence-corrected chi connectivity index (χ0v) is 21.7. The summed E-state index contributed by atoms with van der Waals surface area (Å²) in [5.41, 5.74) is 2.75. The first-order chi connectivity index (χ1) is 16.7. The average Bonchev–Trinajstić information content (AvgIpc) is 3.16. The Morgan fingerprint density at radius 2 is 1.54 bits per heavy atom. The molecule has 5 nitrogen and oxygen atoms in total. The molecule has 1 heterocycles. The highest BCUT2D eigenvalue weighted by atomic mass is 16.5. The number of ether oxygens (including phenoxy) is 2. The standard InChI is InChI=1S/C30H37N2O3/c1-20(2)15-16-31-19-32(27-14-10-9-13-26(27)31)18-28(33)25-17-29(34-21(3)4)23-11-7-8-12-24(23)30(25)35-22(5)6/h7-14,17,19-22H,15-16,18H2,1-6H3/q+1. The van der Waals surface area contributed by atoms with E-state index in [-0.39, 0.29) is 24.5 Å². The van der Waals surface area contributed by atoms with Crippen LogP contribution in [0.4, 0.5) is 0 Å². The van der Waals surface area contributed by atoms with E-state index >= 15 is 0 Å². The summed E-state index contributed by atoms with van der Waals surface area (Å²) >= 11 is 0. The minimum atomic E-state index is -0.0626. The van der Waals surface area contributed by atoms with Crippen LogP contribution < -0.4 is 14.0 Å². The van der Waals surface area contributed by atoms with Gasteiger partial charge in [-0.25, -0.2) is 9.13 Å². The van der Waals surface area contributed by atoms with Gasteiger partial charge in [-0.2, -0.15) is 0 Å². The fourth-order valence-corrected chi connectivity index (χ4v) is 4.42. The van der Waals surface area contributed by atoms with Gasteiger partial charge in [0.2, 0.25) is 12.1 Å². The highest BCUT2D eigenvalue weighted by molar-refractivity contribution is 6.06. The van der Waals surface area contributed by atoms with Crippen LogP contribution in [0.15, 0.2) is 60.9 Å². The van der Waals surface area contributed by atoms with Crippen molar-refractivity contribution in [2.75, 3.05) is 0 Å². The van der Waals surface area contributed by atoms with Crippen LogP contribution in [0.1, 0.15) is 58.3 Å². The molecule has 35 heavy (non-hydrogen) atoms. The quantitative estimate of drug-likeness (QED) is 0.193. The lowest BCUT2D eigenvalue weighted by molar-refractivity contribution is -0.658.